The van der Waals surface area contributed by atoms with Crippen molar-refractivity contribution >= 4 is 21.9 Å². The van der Waals surface area contributed by atoms with Crippen LogP contribution >= 0.6 is 15.9 Å². The minimum absolute atomic E-state index is 0.327. The number of aromatic amines is 1. The fourth-order valence-electron chi connectivity index (χ4n) is 1.67. The zero-order chi connectivity index (χ0) is 13.0. The van der Waals surface area contributed by atoms with E-state index in [1.807, 2.05) is 24.3 Å². The maximum absolute atomic E-state index is 12.1. The van der Waals surface area contributed by atoms with Gasteiger partial charge in [-0.25, -0.2) is 4.98 Å². The predicted molar refractivity (Wildman–Crippen MR) is 69.0 cm³/mol. The number of nitrogens with one attached hydrogen (secondary N) is 1. The fraction of sp³-hybridized carbons (Fsp3) is 0.250. The molecule has 0 aliphatic heterocycles. The molecule has 1 heterocycles. The molecule has 1 unspecified atom stereocenters. The first-order valence-electron chi connectivity index (χ1n) is 5.50. The monoisotopic (exact) mass is 309 g/mol. The average molecular weight is 310 g/mol. The molecule has 1 N–H and O–H groups in total. The van der Waals surface area contributed by atoms with Crippen molar-refractivity contribution in [3.05, 3.63) is 46.5 Å². The van der Waals surface area contributed by atoms with Gasteiger partial charge in [-0.3, -0.25) is 9.89 Å². The molecule has 6 heteroatoms. The van der Waals surface area contributed by atoms with Crippen molar-refractivity contribution in [3.63, 3.8) is 0 Å². The van der Waals surface area contributed by atoms with E-state index in [9.17, 15) is 4.79 Å². The maximum atomic E-state index is 12.1. The summed E-state index contributed by atoms with van der Waals surface area (Å²) in [6.07, 6.45) is 1.37. The number of carbonyl (C=O) groups excluding carboxylic acids is 1. The molecule has 0 saturated heterocycles. The molecule has 0 aliphatic carbocycles. The molecule has 0 saturated carbocycles. The molecule has 18 heavy (non-hydrogen) atoms. The van der Waals surface area contributed by atoms with E-state index in [0.29, 0.717) is 12.4 Å². The van der Waals surface area contributed by atoms with Gasteiger partial charge in [0.2, 0.25) is 0 Å². The highest BCUT2D eigenvalue weighted by Crippen LogP contribution is 2.29. The zero-order valence-corrected chi connectivity index (χ0v) is 11.3. The van der Waals surface area contributed by atoms with Crippen LogP contribution in [0, 0.1) is 0 Å². The minimum atomic E-state index is -0.594. The number of hydrogen-bond donors (Lipinski definition) is 1. The summed E-state index contributed by atoms with van der Waals surface area (Å²) in [4.78, 5) is 16.1. The van der Waals surface area contributed by atoms with Crippen molar-refractivity contribution in [2.45, 2.75) is 12.8 Å². The molecule has 0 bridgehead atoms. The molecule has 2 aromatic rings. The lowest BCUT2D eigenvalue weighted by Gasteiger charge is -2.14. The molecule has 0 amide bonds. The summed E-state index contributed by atoms with van der Waals surface area (Å²) in [5.74, 6) is -0.468. The lowest BCUT2D eigenvalue weighted by atomic mass is 9.98. The van der Waals surface area contributed by atoms with E-state index in [1.54, 1.807) is 6.92 Å². The zero-order valence-electron chi connectivity index (χ0n) is 9.76. The SMILES string of the molecule is CCOC(=O)C(c1ncn[nH]1)c1ccccc1Br. The Bertz CT molecular complexity index is 528. The van der Waals surface area contributed by atoms with Gasteiger partial charge in [0, 0.05) is 4.47 Å². The third kappa shape index (κ3) is 2.59. The van der Waals surface area contributed by atoms with Crippen LogP contribution in [0.1, 0.15) is 24.2 Å². The Hall–Kier alpha value is -1.69. The van der Waals surface area contributed by atoms with Crippen molar-refractivity contribution in [2.24, 2.45) is 0 Å². The molecular formula is C12H12BrN3O2. The smallest absolute Gasteiger partial charge is 0.321 e. The summed E-state index contributed by atoms with van der Waals surface area (Å²) >= 11 is 3.43. The fourth-order valence-corrected chi connectivity index (χ4v) is 2.19. The number of ether oxygens (including phenoxy) is 1. The van der Waals surface area contributed by atoms with E-state index in [1.165, 1.54) is 6.33 Å². The molecule has 0 fully saturated rings. The number of aromatic nitrogens is 3. The van der Waals surface area contributed by atoms with Crippen LogP contribution < -0.4 is 0 Å². The summed E-state index contributed by atoms with van der Waals surface area (Å²) in [5.41, 5.74) is 0.799. The summed E-state index contributed by atoms with van der Waals surface area (Å²) in [5, 5.41) is 6.50. The lowest BCUT2D eigenvalue weighted by molar-refractivity contribution is -0.144. The van der Waals surface area contributed by atoms with Gasteiger partial charge in [0.05, 0.1) is 6.61 Å². The Morgan fingerprint density at radius 2 is 2.28 bits per heavy atom. The first-order chi connectivity index (χ1) is 8.74. The third-order valence-electron chi connectivity index (χ3n) is 2.45. The second-order valence-electron chi connectivity index (χ2n) is 3.58. The van der Waals surface area contributed by atoms with Gasteiger partial charge in [0.1, 0.15) is 18.1 Å². The minimum Gasteiger partial charge on any atom is -0.465 e. The van der Waals surface area contributed by atoms with E-state index in [2.05, 4.69) is 31.1 Å². The molecule has 1 aromatic heterocycles. The van der Waals surface area contributed by atoms with Gasteiger partial charge in [-0.2, -0.15) is 5.10 Å². The number of rotatable bonds is 4. The Morgan fingerprint density at radius 1 is 1.50 bits per heavy atom. The number of H-pyrrole nitrogens is 1. The molecule has 1 aromatic carbocycles. The molecule has 0 spiro atoms. The Kier molecular flexibility index (Phi) is 4.09. The van der Waals surface area contributed by atoms with Crippen LogP contribution in [0.25, 0.3) is 0 Å². The Balaban J connectivity index is 2.43. The quantitative estimate of drug-likeness (QED) is 0.880. The molecule has 5 nitrogen and oxygen atoms in total. The molecular weight excluding hydrogens is 298 g/mol. The predicted octanol–water partition coefficient (Wildman–Crippen LogP) is 2.26. The second-order valence-corrected chi connectivity index (χ2v) is 4.43. The van der Waals surface area contributed by atoms with Gasteiger partial charge in [-0.05, 0) is 18.6 Å². The van der Waals surface area contributed by atoms with E-state index in [-0.39, 0.29) is 5.97 Å². The molecule has 0 radical (unpaired) electrons. The van der Waals surface area contributed by atoms with Crippen molar-refractivity contribution < 1.29 is 9.53 Å². The Morgan fingerprint density at radius 3 is 2.89 bits per heavy atom. The number of esters is 1. The van der Waals surface area contributed by atoms with Gasteiger partial charge < -0.3 is 4.74 Å². The Labute approximate surface area is 113 Å². The summed E-state index contributed by atoms with van der Waals surface area (Å²) in [6, 6.07) is 7.48. The van der Waals surface area contributed by atoms with E-state index < -0.39 is 5.92 Å². The van der Waals surface area contributed by atoms with E-state index >= 15 is 0 Å². The van der Waals surface area contributed by atoms with Crippen LogP contribution in [-0.2, 0) is 9.53 Å². The topological polar surface area (TPSA) is 67.9 Å². The maximum Gasteiger partial charge on any atom is 0.321 e. The van der Waals surface area contributed by atoms with Crippen LogP contribution in [0.5, 0.6) is 0 Å². The van der Waals surface area contributed by atoms with Gasteiger partial charge >= 0.3 is 5.97 Å². The highest BCUT2D eigenvalue weighted by molar-refractivity contribution is 9.10. The number of halogens is 1. The molecule has 1 atom stereocenters. The average Bonchev–Trinajstić information content (AvgIpc) is 2.86. The summed E-state index contributed by atoms with van der Waals surface area (Å²) in [7, 11) is 0. The van der Waals surface area contributed by atoms with E-state index in [0.717, 1.165) is 10.0 Å². The third-order valence-corrected chi connectivity index (χ3v) is 3.17. The first kappa shape index (κ1) is 12.8. The normalized spacial score (nSPS) is 12.1. The number of nitrogens with zero attached hydrogens (tertiary/aromatic N) is 2. The largest absolute Gasteiger partial charge is 0.465 e. The molecule has 94 valence electrons. The lowest BCUT2D eigenvalue weighted by Crippen LogP contribution is -2.19. The highest BCUT2D eigenvalue weighted by Gasteiger charge is 2.28. The highest BCUT2D eigenvalue weighted by atomic mass is 79.9. The number of carbonyl (C=O) groups is 1. The van der Waals surface area contributed by atoms with Crippen LogP contribution in [0.3, 0.4) is 0 Å². The molecule has 2 rings (SSSR count). The van der Waals surface area contributed by atoms with Gasteiger partial charge in [-0.1, -0.05) is 34.1 Å². The summed E-state index contributed by atoms with van der Waals surface area (Å²) < 4.78 is 5.92. The number of hydrogen-bond acceptors (Lipinski definition) is 4. The van der Waals surface area contributed by atoms with Gasteiger partial charge in [0.15, 0.2) is 0 Å². The van der Waals surface area contributed by atoms with Crippen molar-refractivity contribution in [1.29, 1.82) is 0 Å². The van der Waals surface area contributed by atoms with Crippen LogP contribution in [-0.4, -0.2) is 27.8 Å². The molecule has 0 aliphatic rings. The standard InChI is InChI=1S/C12H12BrN3O2/c1-2-18-12(17)10(11-14-7-15-16-11)8-5-3-4-6-9(8)13/h3-7,10H,2H2,1H3,(H,14,15,16). The van der Waals surface area contributed by atoms with Crippen LogP contribution in [0.4, 0.5) is 0 Å². The van der Waals surface area contributed by atoms with Gasteiger partial charge in [0.25, 0.3) is 0 Å². The van der Waals surface area contributed by atoms with Crippen LogP contribution in [0.15, 0.2) is 35.1 Å². The van der Waals surface area contributed by atoms with Crippen molar-refractivity contribution in [2.75, 3.05) is 6.61 Å². The summed E-state index contributed by atoms with van der Waals surface area (Å²) in [6.45, 7) is 2.10. The second kappa shape index (κ2) is 5.77. The number of benzene rings is 1. The first-order valence-corrected chi connectivity index (χ1v) is 6.29. The van der Waals surface area contributed by atoms with Crippen LogP contribution in [0.2, 0.25) is 0 Å². The van der Waals surface area contributed by atoms with E-state index in [4.69, 9.17) is 4.74 Å². The van der Waals surface area contributed by atoms with Crippen molar-refractivity contribution in [1.82, 2.24) is 15.2 Å². The van der Waals surface area contributed by atoms with Gasteiger partial charge in [-0.15, -0.1) is 0 Å². The van der Waals surface area contributed by atoms with Crippen molar-refractivity contribution in [3.8, 4) is 0 Å².